The minimum atomic E-state index is -0.869. The fourth-order valence-corrected chi connectivity index (χ4v) is 4.00. The maximum atomic E-state index is 12.2. The van der Waals surface area contributed by atoms with E-state index in [1.165, 1.54) is 22.3 Å². The summed E-state index contributed by atoms with van der Waals surface area (Å²) in [5.74, 6) is -1.15. The van der Waals surface area contributed by atoms with Crippen LogP contribution in [0.2, 0.25) is 0 Å². The van der Waals surface area contributed by atoms with Crippen molar-refractivity contribution in [2.75, 3.05) is 19.7 Å². The van der Waals surface area contributed by atoms with E-state index in [9.17, 15) is 14.4 Å². The summed E-state index contributed by atoms with van der Waals surface area (Å²) in [7, 11) is 0. The molecule has 0 saturated heterocycles. The van der Waals surface area contributed by atoms with Crippen molar-refractivity contribution in [1.82, 2.24) is 10.6 Å². The van der Waals surface area contributed by atoms with Crippen molar-refractivity contribution in [2.24, 2.45) is 5.92 Å². The smallest absolute Gasteiger partial charge is 0.407 e. The molecule has 7 nitrogen and oxygen atoms in total. The van der Waals surface area contributed by atoms with Crippen LogP contribution in [0.25, 0.3) is 11.1 Å². The van der Waals surface area contributed by atoms with Crippen LogP contribution < -0.4 is 10.6 Å². The zero-order chi connectivity index (χ0) is 22.9. The Labute approximate surface area is 188 Å². The molecule has 0 fully saturated rings. The summed E-state index contributed by atoms with van der Waals surface area (Å²) >= 11 is 0. The van der Waals surface area contributed by atoms with Gasteiger partial charge in [0, 0.05) is 31.3 Å². The number of amides is 2. The topological polar surface area (TPSA) is 105 Å². The van der Waals surface area contributed by atoms with E-state index in [4.69, 9.17) is 9.84 Å². The van der Waals surface area contributed by atoms with Gasteiger partial charge in [-0.25, -0.2) is 4.79 Å². The van der Waals surface area contributed by atoms with Gasteiger partial charge in [-0.3, -0.25) is 9.59 Å². The molecule has 170 valence electrons. The van der Waals surface area contributed by atoms with Gasteiger partial charge in [0.05, 0.1) is 0 Å². The van der Waals surface area contributed by atoms with Crippen LogP contribution in [-0.2, 0) is 14.3 Å². The molecule has 3 N–H and O–H groups in total. The third-order valence-corrected chi connectivity index (χ3v) is 5.74. The van der Waals surface area contributed by atoms with Gasteiger partial charge in [0.25, 0.3) is 0 Å². The van der Waals surface area contributed by atoms with Crippen LogP contribution in [0.3, 0.4) is 0 Å². The van der Waals surface area contributed by atoms with E-state index in [1.807, 2.05) is 31.2 Å². The van der Waals surface area contributed by atoms with E-state index >= 15 is 0 Å². The lowest BCUT2D eigenvalue weighted by molar-refractivity contribution is -0.137. The molecule has 0 spiro atoms. The average molecular weight is 439 g/mol. The van der Waals surface area contributed by atoms with Crippen LogP contribution in [0.1, 0.15) is 49.7 Å². The lowest BCUT2D eigenvalue weighted by Gasteiger charge is -2.15. The summed E-state index contributed by atoms with van der Waals surface area (Å²) in [6.45, 7) is 2.87. The summed E-state index contributed by atoms with van der Waals surface area (Å²) < 4.78 is 5.50. The highest BCUT2D eigenvalue weighted by Crippen LogP contribution is 2.44. The van der Waals surface area contributed by atoms with Crippen molar-refractivity contribution in [3.8, 4) is 11.1 Å². The molecule has 0 heterocycles. The first kappa shape index (κ1) is 23.3. The summed E-state index contributed by atoms with van der Waals surface area (Å²) in [4.78, 5) is 34.6. The molecule has 2 aromatic carbocycles. The van der Waals surface area contributed by atoms with E-state index in [1.54, 1.807) is 0 Å². The summed E-state index contributed by atoms with van der Waals surface area (Å²) in [6.07, 6.45) is 1.26. The molecule has 2 aromatic rings. The number of hydrogen-bond acceptors (Lipinski definition) is 4. The van der Waals surface area contributed by atoms with Gasteiger partial charge in [-0.05, 0) is 41.5 Å². The van der Waals surface area contributed by atoms with Gasteiger partial charge in [-0.1, -0.05) is 55.5 Å². The molecule has 1 atom stereocenters. The lowest BCUT2D eigenvalue weighted by Crippen LogP contribution is -2.31. The van der Waals surface area contributed by atoms with Gasteiger partial charge in [-0.2, -0.15) is 0 Å². The van der Waals surface area contributed by atoms with Gasteiger partial charge >= 0.3 is 12.1 Å². The monoisotopic (exact) mass is 438 g/mol. The molecule has 0 radical (unpaired) electrons. The second-order valence-electron chi connectivity index (χ2n) is 8.08. The molecule has 0 bridgehead atoms. The molecule has 3 rings (SSSR count). The fraction of sp³-hybridized carbons (Fsp3) is 0.400. The molecule has 0 aromatic heterocycles. The molecule has 7 heteroatoms. The Morgan fingerprint density at radius 3 is 2.16 bits per heavy atom. The fourth-order valence-electron chi connectivity index (χ4n) is 4.00. The van der Waals surface area contributed by atoms with Crippen LogP contribution in [0, 0.1) is 5.92 Å². The van der Waals surface area contributed by atoms with Crippen LogP contribution in [0.4, 0.5) is 4.79 Å². The largest absolute Gasteiger partial charge is 0.481 e. The van der Waals surface area contributed by atoms with Crippen molar-refractivity contribution < 1.29 is 24.2 Å². The molecule has 2 amide bonds. The number of carbonyl (C=O) groups is 3. The molecule has 1 aliphatic carbocycles. The van der Waals surface area contributed by atoms with E-state index in [0.717, 1.165) is 0 Å². The number of hydrogen-bond donors (Lipinski definition) is 3. The number of carbonyl (C=O) groups excluding carboxylic acids is 2. The predicted octanol–water partition coefficient (Wildman–Crippen LogP) is 3.92. The Kier molecular flexibility index (Phi) is 8.25. The Morgan fingerprint density at radius 2 is 1.53 bits per heavy atom. The second-order valence-corrected chi connectivity index (χ2v) is 8.08. The van der Waals surface area contributed by atoms with Crippen molar-refractivity contribution in [2.45, 2.75) is 38.5 Å². The van der Waals surface area contributed by atoms with E-state index in [2.05, 4.69) is 34.9 Å². The third kappa shape index (κ3) is 6.09. The van der Waals surface area contributed by atoms with Gasteiger partial charge in [-0.15, -0.1) is 0 Å². The number of fused-ring (bicyclic) bond motifs is 3. The number of alkyl carbamates (subject to hydrolysis) is 1. The first-order valence-corrected chi connectivity index (χ1v) is 11.1. The minimum absolute atomic E-state index is 0.0259. The lowest BCUT2D eigenvalue weighted by atomic mass is 9.98. The first-order valence-electron chi connectivity index (χ1n) is 11.1. The number of ether oxygens (including phenoxy) is 1. The minimum Gasteiger partial charge on any atom is -0.481 e. The molecular formula is C25H30N2O5. The second kappa shape index (κ2) is 11.3. The first-order chi connectivity index (χ1) is 15.5. The van der Waals surface area contributed by atoms with Gasteiger partial charge in [0.15, 0.2) is 0 Å². The van der Waals surface area contributed by atoms with Gasteiger partial charge in [0.2, 0.25) is 5.91 Å². The highest BCUT2D eigenvalue weighted by molar-refractivity contribution is 5.79. The Morgan fingerprint density at radius 1 is 0.938 bits per heavy atom. The number of rotatable bonds is 11. The molecule has 0 aliphatic heterocycles. The standard InChI is InChI=1S/C25H30N2O5/c1-17(24(30)26-14-7-13-23(28)29)8-6-15-27-25(31)32-16-22-20-11-4-2-9-18(20)19-10-3-5-12-21(19)22/h2-5,9-12,17,22H,6-8,13-16H2,1H3,(H,26,30)(H,27,31)(H,28,29). The van der Waals surface area contributed by atoms with Crippen LogP contribution in [0.15, 0.2) is 48.5 Å². The number of carboxylic acid groups (broad SMARTS) is 1. The number of carboxylic acids is 1. The molecular weight excluding hydrogens is 408 g/mol. The predicted molar refractivity (Wildman–Crippen MR) is 121 cm³/mol. The van der Waals surface area contributed by atoms with E-state index in [-0.39, 0.29) is 30.8 Å². The van der Waals surface area contributed by atoms with Crippen LogP contribution in [0.5, 0.6) is 0 Å². The highest BCUT2D eigenvalue weighted by atomic mass is 16.5. The van der Waals surface area contributed by atoms with E-state index < -0.39 is 12.1 Å². The molecule has 1 aliphatic rings. The summed E-state index contributed by atoms with van der Waals surface area (Å²) in [5, 5.41) is 14.1. The molecule has 1 unspecified atom stereocenters. The Hall–Kier alpha value is -3.35. The van der Waals surface area contributed by atoms with Crippen molar-refractivity contribution in [3.05, 3.63) is 59.7 Å². The zero-order valence-electron chi connectivity index (χ0n) is 18.3. The molecule has 0 saturated carbocycles. The van der Waals surface area contributed by atoms with Crippen molar-refractivity contribution in [3.63, 3.8) is 0 Å². The third-order valence-electron chi connectivity index (χ3n) is 5.74. The van der Waals surface area contributed by atoms with Crippen molar-refractivity contribution >= 4 is 18.0 Å². The average Bonchev–Trinajstić information content (AvgIpc) is 3.11. The molecule has 32 heavy (non-hydrogen) atoms. The number of nitrogens with one attached hydrogen (secondary N) is 2. The van der Waals surface area contributed by atoms with Crippen molar-refractivity contribution in [1.29, 1.82) is 0 Å². The highest BCUT2D eigenvalue weighted by Gasteiger charge is 2.28. The Bertz CT molecular complexity index is 913. The SMILES string of the molecule is CC(CCCNC(=O)OCC1c2ccccc2-c2ccccc21)C(=O)NCCCC(=O)O. The zero-order valence-corrected chi connectivity index (χ0v) is 18.3. The number of benzene rings is 2. The summed E-state index contributed by atoms with van der Waals surface area (Å²) in [6, 6.07) is 16.4. The Balaban J connectivity index is 1.36. The maximum Gasteiger partial charge on any atom is 0.407 e. The van der Waals surface area contributed by atoms with Gasteiger partial charge in [0.1, 0.15) is 6.61 Å². The summed E-state index contributed by atoms with van der Waals surface area (Å²) in [5.41, 5.74) is 4.72. The van der Waals surface area contributed by atoms with Gasteiger partial charge < -0.3 is 20.5 Å². The maximum absolute atomic E-state index is 12.2. The normalized spacial score (nSPS) is 13.0. The van der Waals surface area contributed by atoms with Crippen LogP contribution in [-0.4, -0.2) is 42.8 Å². The van der Waals surface area contributed by atoms with Crippen LogP contribution >= 0.6 is 0 Å². The number of aliphatic carboxylic acids is 1. The van der Waals surface area contributed by atoms with E-state index in [0.29, 0.717) is 32.4 Å². The quantitative estimate of drug-likeness (QED) is 0.461.